The van der Waals surface area contributed by atoms with Crippen LogP contribution >= 0.6 is 0 Å². The van der Waals surface area contributed by atoms with Gasteiger partial charge in [0.1, 0.15) is 0 Å². The summed E-state index contributed by atoms with van der Waals surface area (Å²) < 4.78 is 10.4. The van der Waals surface area contributed by atoms with Gasteiger partial charge in [0.25, 0.3) is 0 Å². The van der Waals surface area contributed by atoms with Crippen molar-refractivity contribution in [2.24, 2.45) is 0 Å². The summed E-state index contributed by atoms with van der Waals surface area (Å²) in [6, 6.07) is 18.4. The van der Waals surface area contributed by atoms with Crippen LogP contribution in [0.2, 0.25) is 0 Å². The summed E-state index contributed by atoms with van der Waals surface area (Å²) in [7, 11) is 0. The summed E-state index contributed by atoms with van der Waals surface area (Å²) in [4.78, 5) is 37.5. The Kier molecular flexibility index (Phi) is 8.15. The van der Waals surface area contributed by atoms with Gasteiger partial charge in [0.15, 0.2) is 0 Å². The first-order valence-corrected chi connectivity index (χ1v) is 9.44. The maximum Gasteiger partial charge on any atom is 0.344 e. The van der Waals surface area contributed by atoms with Crippen LogP contribution in [0.1, 0.15) is 30.9 Å². The van der Waals surface area contributed by atoms with Crippen LogP contribution in [0.25, 0.3) is 6.08 Å². The number of rotatable bonds is 10. The Labute approximate surface area is 170 Å². The van der Waals surface area contributed by atoms with Crippen molar-refractivity contribution >= 4 is 24.4 Å². The van der Waals surface area contributed by atoms with Crippen LogP contribution in [-0.2, 0) is 23.9 Å². The van der Waals surface area contributed by atoms with E-state index in [1.165, 1.54) is 0 Å². The molecule has 0 saturated heterocycles. The molecule has 2 aromatic carbocycles. The zero-order chi connectivity index (χ0) is 21.1. The minimum atomic E-state index is -2.06. The topological polar surface area (TPSA) is 81.7 Å². The predicted molar refractivity (Wildman–Crippen MR) is 110 cm³/mol. The van der Waals surface area contributed by atoms with Gasteiger partial charge in [0, 0.05) is 5.92 Å². The molecule has 6 heteroatoms. The van der Waals surface area contributed by atoms with Crippen LogP contribution in [0.15, 0.2) is 66.7 Å². The predicted octanol–water partition coefficient (Wildman–Crippen LogP) is 3.09. The molecular weight excluding hydrogens is 370 g/mol. The molecule has 1 N–H and O–H groups in total. The molecule has 0 aliphatic heterocycles. The molecule has 152 valence electrons. The Hall–Kier alpha value is -3.41. The van der Waals surface area contributed by atoms with E-state index in [4.69, 9.17) is 9.47 Å². The van der Waals surface area contributed by atoms with Gasteiger partial charge >= 0.3 is 11.9 Å². The number of benzene rings is 2. The number of esters is 2. The molecule has 0 saturated carbocycles. The lowest BCUT2D eigenvalue weighted by Gasteiger charge is -2.34. The molecule has 0 heterocycles. The van der Waals surface area contributed by atoms with Crippen LogP contribution in [0.3, 0.4) is 0 Å². The maximum absolute atomic E-state index is 13.0. The van der Waals surface area contributed by atoms with Gasteiger partial charge in [-0.15, -0.1) is 0 Å². The molecule has 29 heavy (non-hydrogen) atoms. The smallest absolute Gasteiger partial charge is 0.344 e. The van der Waals surface area contributed by atoms with E-state index in [-0.39, 0.29) is 13.2 Å². The number of ether oxygens (including phenoxy) is 2. The summed E-state index contributed by atoms with van der Waals surface area (Å²) in [5.41, 5.74) is -0.531. The quantitative estimate of drug-likeness (QED) is 0.380. The van der Waals surface area contributed by atoms with Crippen molar-refractivity contribution in [3.63, 3.8) is 0 Å². The van der Waals surface area contributed by atoms with Gasteiger partial charge in [-0.1, -0.05) is 72.8 Å². The number of hydrogen-bond acceptors (Lipinski definition) is 5. The van der Waals surface area contributed by atoms with Gasteiger partial charge < -0.3 is 14.8 Å². The second-order valence-electron chi connectivity index (χ2n) is 6.17. The largest absolute Gasteiger partial charge is 0.464 e. The number of carbonyl (C=O) groups excluding carboxylic acids is 3. The first-order chi connectivity index (χ1) is 14.1. The SMILES string of the molecule is CCOC(=O)C(NC=O)(C(=O)OCC)C(/C=C/c1ccccc1)c1ccccc1. The first kappa shape index (κ1) is 21.9. The van der Waals surface area contributed by atoms with Crippen LogP contribution in [0, 0.1) is 0 Å². The van der Waals surface area contributed by atoms with Gasteiger partial charge in [-0.05, 0) is 25.0 Å². The molecule has 0 aliphatic rings. The third kappa shape index (κ3) is 5.10. The highest BCUT2D eigenvalue weighted by atomic mass is 16.6. The molecular formula is C23H25NO5. The highest BCUT2D eigenvalue weighted by Crippen LogP contribution is 2.33. The number of nitrogens with one attached hydrogen (secondary N) is 1. The molecule has 6 nitrogen and oxygen atoms in total. The van der Waals surface area contributed by atoms with Crippen LogP contribution in [0.5, 0.6) is 0 Å². The molecule has 0 radical (unpaired) electrons. The molecule has 0 aromatic heterocycles. The van der Waals surface area contributed by atoms with Gasteiger partial charge in [-0.3, -0.25) is 4.79 Å². The summed E-state index contributed by atoms with van der Waals surface area (Å²) in [5.74, 6) is -2.61. The molecule has 0 bridgehead atoms. The van der Waals surface area contributed by atoms with Crippen molar-refractivity contribution in [1.29, 1.82) is 0 Å². The van der Waals surface area contributed by atoms with E-state index in [2.05, 4.69) is 5.32 Å². The number of amides is 1. The van der Waals surface area contributed by atoms with Gasteiger partial charge in [-0.25, -0.2) is 9.59 Å². The van der Waals surface area contributed by atoms with E-state index in [9.17, 15) is 14.4 Å². The van der Waals surface area contributed by atoms with E-state index < -0.39 is 23.4 Å². The second kappa shape index (κ2) is 10.8. The van der Waals surface area contributed by atoms with E-state index in [1.807, 2.05) is 36.4 Å². The monoisotopic (exact) mass is 395 g/mol. The Morgan fingerprint density at radius 2 is 1.45 bits per heavy atom. The van der Waals surface area contributed by atoms with Crippen molar-refractivity contribution in [1.82, 2.24) is 5.32 Å². The lowest BCUT2D eigenvalue weighted by Crippen LogP contribution is -2.62. The lowest BCUT2D eigenvalue weighted by atomic mass is 9.78. The van der Waals surface area contributed by atoms with Crippen LogP contribution in [0.4, 0.5) is 0 Å². The van der Waals surface area contributed by atoms with Crippen LogP contribution < -0.4 is 5.32 Å². The molecule has 2 rings (SSSR count). The minimum Gasteiger partial charge on any atom is -0.464 e. The van der Waals surface area contributed by atoms with Gasteiger partial charge in [0.05, 0.1) is 13.2 Å². The molecule has 1 atom stereocenters. The molecule has 1 amide bonds. The summed E-state index contributed by atoms with van der Waals surface area (Å²) in [6.45, 7) is 3.35. The summed E-state index contributed by atoms with van der Waals surface area (Å²) in [5, 5.41) is 2.42. The molecule has 2 aromatic rings. The lowest BCUT2D eigenvalue weighted by molar-refractivity contribution is -0.168. The van der Waals surface area contributed by atoms with Crippen molar-refractivity contribution in [2.75, 3.05) is 13.2 Å². The van der Waals surface area contributed by atoms with Crippen LogP contribution in [-0.4, -0.2) is 37.1 Å². The normalized spacial score (nSPS) is 12.2. The zero-order valence-corrected chi connectivity index (χ0v) is 16.5. The third-order valence-corrected chi connectivity index (χ3v) is 4.39. The second-order valence-corrected chi connectivity index (χ2v) is 6.17. The highest BCUT2D eigenvalue weighted by molar-refractivity contribution is 6.08. The highest BCUT2D eigenvalue weighted by Gasteiger charge is 2.55. The van der Waals surface area contributed by atoms with Crippen molar-refractivity contribution < 1.29 is 23.9 Å². The number of hydrogen-bond donors (Lipinski definition) is 1. The van der Waals surface area contributed by atoms with Gasteiger partial charge in [0.2, 0.25) is 11.9 Å². The van der Waals surface area contributed by atoms with E-state index >= 15 is 0 Å². The fourth-order valence-corrected chi connectivity index (χ4v) is 3.07. The minimum absolute atomic E-state index is 0.0461. The Morgan fingerprint density at radius 3 is 1.93 bits per heavy atom. The Morgan fingerprint density at radius 1 is 0.931 bits per heavy atom. The van der Waals surface area contributed by atoms with E-state index in [0.29, 0.717) is 12.0 Å². The van der Waals surface area contributed by atoms with E-state index in [0.717, 1.165) is 5.56 Å². The average Bonchev–Trinajstić information content (AvgIpc) is 2.74. The number of carbonyl (C=O) groups is 3. The maximum atomic E-state index is 13.0. The summed E-state index contributed by atoms with van der Waals surface area (Å²) >= 11 is 0. The fourth-order valence-electron chi connectivity index (χ4n) is 3.07. The van der Waals surface area contributed by atoms with E-state index in [1.54, 1.807) is 50.3 Å². The third-order valence-electron chi connectivity index (χ3n) is 4.39. The molecule has 1 unspecified atom stereocenters. The summed E-state index contributed by atoms with van der Waals surface area (Å²) in [6.07, 6.45) is 3.81. The zero-order valence-electron chi connectivity index (χ0n) is 16.5. The Balaban J connectivity index is 2.67. The molecule has 0 fully saturated rings. The van der Waals surface area contributed by atoms with Gasteiger partial charge in [-0.2, -0.15) is 0 Å². The first-order valence-electron chi connectivity index (χ1n) is 9.44. The van der Waals surface area contributed by atoms with Crippen molar-refractivity contribution in [2.45, 2.75) is 25.3 Å². The standard InChI is InChI=1S/C23H25NO5/c1-3-28-21(26)23(24-17-25,22(27)29-4-2)20(19-13-9-6-10-14-19)16-15-18-11-7-5-8-12-18/h5-17,20H,3-4H2,1-2H3,(H,24,25)/b16-15+. The average molecular weight is 395 g/mol. The van der Waals surface area contributed by atoms with Crippen molar-refractivity contribution in [3.05, 3.63) is 77.9 Å². The fraction of sp³-hybridized carbons (Fsp3) is 0.261. The van der Waals surface area contributed by atoms with Crippen molar-refractivity contribution in [3.8, 4) is 0 Å². The molecule has 0 aliphatic carbocycles. The Bertz CT molecular complexity index is 815. The molecule has 0 spiro atoms.